The van der Waals surface area contributed by atoms with Crippen LogP contribution in [0.3, 0.4) is 0 Å². The zero-order valence-electron chi connectivity index (χ0n) is 21.0. The third kappa shape index (κ3) is 6.61. The fourth-order valence-electron chi connectivity index (χ4n) is 3.57. The number of alkyl halides is 3. The Morgan fingerprint density at radius 3 is 2.08 bits per heavy atom. The number of carbonyl (C=O) groups is 4. The maximum Gasteiger partial charge on any atom is 0.417 e. The summed E-state index contributed by atoms with van der Waals surface area (Å²) in [6.07, 6.45) is -8.10. The van der Waals surface area contributed by atoms with Crippen molar-refractivity contribution in [2.24, 2.45) is 11.3 Å². The van der Waals surface area contributed by atoms with Crippen LogP contribution in [-0.2, 0) is 30.2 Å². The third-order valence-electron chi connectivity index (χ3n) is 4.95. The lowest BCUT2D eigenvalue weighted by Gasteiger charge is -2.30. The van der Waals surface area contributed by atoms with Crippen molar-refractivity contribution < 1.29 is 46.6 Å². The average Bonchev–Trinajstić information content (AvgIpc) is 3.00. The lowest BCUT2D eigenvalue weighted by atomic mass is 9.73. The average molecular weight is 518 g/mol. The van der Waals surface area contributed by atoms with E-state index in [-0.39, 0.29) is 16.4 Å². The van der Waals surface area contributed by atoms with Crippen LogP contribution in [0, 0.1) is 11.3 Å². The van der Waals surface area contributed by atoms with Gasteiger partial charge in [-0.2, -0.15) is 18.3 Å². The highest BCUT2D eigenvalue weighted by molar-refractivity contribution is 6.10. The van der Waals surface area contributed by atoms with E-state index in [4.69, 9.17) is 9.47 Å². The molecule has 1 aromatic heterocycles. The summed E-state index contributed by atoms with van der Waals surface area (Å²) in [4.78, 5) is 50.7. The molecule has 1 N–H and O–H groups in total. The number of nitrogens with one attached hydrogen (secondary N) is 1. The molecule has 1 aliphatic heterocycles. The molecule has 36 heavy (non-hydrogen) atoms. The summed E-state index contributed by atoms with van der Waals surface area (Å²) in [6, 6.07) is 2.39. The normalized spacial score (nSPS) is 20.7. The van der Waals surface area contributed by atoms with Gasteiger partial charge in [-0.05, 0) is 53.7 Å². The molecule has 1 aliphatic rings. The highest BCUT2D eigenvalue weighted by Crippen LogP contribution is 2.49. The SMILES string of the molecule is COC(=O)C1(Cc2ccc(NC(=O)OC(C)(C)C)nn2)C(=O)N(C(=O)OC(C)(C)C)CC1C(F)(F)F. The maximum absolute atomic E-state index is 14.1. The van der Waals surface area contributed by atoms with Crippen LogP contribution in [0.4, 0.5) is 28.6 Å². The van der Waals surface area contributed by atoms with E-state index in [1.54, 1.807) is 20.8 Å². The third-order valence-corrected chi connectivity index (χ3v) is 4.95. The van der Waals surface area contributed by atoms with E-state index in [0.29, 0.717) is 0 Å². The van der Waals surface area contributed by atoms with Crippen LogP contribution in [0.25, 0.3) is 0 Å². The second-order valence-electron chi connectivity index (χ2n) is 10.2. The Labute approximate surface area is 205 Å². The Morgan fingerprint density at radius 1 is 1.06 bits per heavy atom. The molecular formula is C22H29F3N4O7. The van der Waals surface area contributed by atoms with E-state index in [1.165, 1.54) is 32.9 Å². The first-order chi connectivity index (χ1) is 16.3. The summed E-state index contributed by atoms with van der Waals surface area (Å²) in [5.41, 5.74) is -4.94. The molecule has 0 saturated carbocycles. The molecule has 1 aromatic rings. The first kappa shape index (κ1) is 28.8. The number of aromatic nitrogens is 2. The quantitative estimate of drug-likeness (QED) is 0.361. The molecule has 2 heterocycles. The minimum atomic E-state index is -5.06. The van der Waals surface area contributed by atoms with E-state index >= 15 is 0 Å². The number of ether oxygens (including phenoxy) is 3. The highest BCUT2D eigenvalue weighted by Gasteiger charge is 2.70. The minimum absolute atomic E-state index is 0.0828. The van der Waals surface area contributed by atoms with Gasteiger partial charge in [-0.1, -0.05) is 0 Å². The number of rotatable bonds is 4. The molecule has 14 heteroatoms. The van der Waals surface area contributed by atoms with Gasteiger partial charge < -0.3 is 14.2 Å². The van der Waals surface area contributed by atoms with Gasteiger partial charge in [-0.25, -0.2) is 14.5 Å². The minimum Gasteiger partial charge on any atom is -0.468 e. The van der Waals surface area contributed by atoms with Crippen LogP contribution in [0.2, 0.25) is 0 Å². The molecule has 0 spiro atoms. The zero-order valence-corrected chi connectivity index (χ0v) is 21.0. The molecule has 2 unspecified atom stereocenters. The molecule has 0 bridgehead atoms. The van der Waals surface area contributed by atoms with Crippen molar-refractivity contribution in [2.75, 3.05) is 19.0 Å². The van der Waals surface area contributed by atoms with Crippen molar-refractivity contribution in [1.82, 2.24) is 15.1 Å². The van der Waals surface area contributed by atoms with Gasteiger partial charge in [0.2, 0.25) is 0 Å². The number of hydrogen-bond acceptors (Lipinski definition) is 9. The van der Waals surface area contributed by atoms with Gasteiger partial charge in [0.1, 0.15) is 11.2 Å². The molecule has 1 fully saturated rings. The molecule has 3 amide bonds. The van der Waals surface area contributed by atoms with Crippen LogP contribution >= 0.6 is 0 Å². The number of halogens is 3. The number of imide groups is 1. The lowest BCUT2D eigenvalue weighted by Crippen LogP contribution is -2.50. The van der Waals surface area contributed by atoms with Crippen LogP contribution < -0.4 is 5.32 Å². The Kier molecular flexibility index (Phi) is 7.91. The maximum atomic E-state index is 14.1. The standard InChI is InChI=1S/C22H29F3N4O7/c1-19(2,3)35-17(32)26-14-9-8-12(27-28-14)10-21(16(31)34-7)13(22(23,24)25)11-29(15(21)30)18(33)36-20(4,5)6/h8-9,13H,10-11H2,1-7H3,(H,26,28,32). The van der Waals surface area contributed by atoms with Gasteiger partial charge in [0, 0.05) is 13.0 Å². The number of hydrogen-bond donors (Lipinski definition) is 1. The van der Waals surface area contributed by atoms with E-state index in [1.807, 2.05) is 0 Å². The molecule has 200 valence electrons. The van der Waals surface area contributed by atoms with Gasteiger partial charge in [-0.15, -0.1) is 5.10 Å². The number of nitrogens with zero attached hydrogens (tertiary/aromatic N) is 3. The van der Waals surface area contributed by atoms with Crippen LogP contribution in [-0.4, -0.2) is 70.2 Å². The van der Waals surface area contributed by atoms with E-state index < -0.39 is 65.7 Å². The Hall–Kier alpha value is -3.45. The molecular weight excluding hydrogens is 489 g/mol. The number of methoxy groups -OCH3 is 1. The van der Waals surface area contributed by atoms with Crippen molar-refractivity contribution in [3.05, 3.63) is 17.8 Å². The summed E-state index contributed by atoms with van der Waals surface area (Å²) in [6.45, 7) is 8.21. The number of carbonyl (C=O) groups excluding carboxylic acids is 4. The summed E-state index contributed by atoms with van der Waals surface area (Å²) in [7, 11) is 0.834. The van der Waals surface area contributed by atoms with Gasteiger partial charge in [-0.3, -0.25) is 14.9 Å². The smallest absolute Gasteiger partial charge is 0.417 e. The largest absolute Gasteiger partial charge is 0.468 e. The van der Waals surface area contributed by atoms with E-state index in [0.717, 1.165) is 7.11 Å². The van der Waals surface area contributed by atoms with E-state index in [9.17, 15) is 32.3 Å². The highest BCUT2D eigenvalue weighted by atomic mass is 19.4. The van der Waals surface area contributed by atoms with Gasteiger partial charge in [0.15, 0.2) is 11.2 Å². The summed E-state index contributed by atoms with van der Waals surface area (Å²) < 4.78 is 57.1. The van der Waals surface area contributed by atoms with Crippen LogP contribution in [0.15, 0.2) is 12.1 Å². The molecule has 0 radical (unpaired) electrons. The Morgan fingerprint density at radius 2 is 1.64 bits per heavy atom. The fraction of sp³-hybridized carbons (Fsp3) is 0.636. The molecule has 0 aromatic carbocycles. The van der Waals surface area contributed by atoms with Crippen LogP contribution in [0.5, 0.6) is 0 Å². The molecule has 1 saturated heterocycles. The van der Waals surface area contributed by atoms with Crippen molar-refractivity contribution in [1.29, 1.82) is 0 Å². The van der Waals surface area contributed by atoms with Crippen LogP contribution in [0.1, 0.15) is 47.2 Å². The molecule has 2 atom stereocenters. The first-order valence-electron chi connectivity index (χ1n) is 10.8. The molecule has 11 nitrogen and oxygen atoms in total. The van der Waals surface area contributed by atoms with Gasteiger partial charge >= 0.3 is 24.3 Å². The van der Waals surface area contributed by atoms with E-state index in [2.05, 4.69) is 20.3 Å². The van der Waals surface area contributed by atoms with Gasteiger partial charge in [0.25, 0.3) is 5.91 Å². The number of esters is 1. The summed E-state index contributed by atoms with van der Waals surface area (Å²) in [5.74, 6) is -5.60. The Balaban J connectivity index is 2.42. The van der Waals surface area contributed by atoms with Crippen molar-refractivity contribution in [2.45, 2.75) is 65.3 Å². The Bertz CT molecular complexity index is 1020. The first-order valence-corrected chi connectivity index (χ1v) is 10.8. The monoisotopic (exact) mass is 518 g/mol. The van der Waals surface area contributed by atoms with Gasteiger partial charge in [0.05, 0.1) is 18.7 Å². The van der Waals surface area contributed by atoms with Crippen molar-refractivity contribution in [3.63, 3.8) is 0 Å². The predicted octanol–water partition coefficient (Wildman–Crippen LogP) is 3.48. The number of amides is 3. The number of anilines is 1. The van der Waals surface area contributed by atoms with Crippen molar-refractivity contribution in [3.8, 4) is 0 Å². The lowest BCUT2D eigenvalue weighted by molar-refractivity contribution is -0.206. The number of likely N-dealkylation sites (tertiary alicyclic amines) is 1. The molecule has 2 rings (SSSR count). The summed E-state index contributed by atoms with van der Waals surface area (Å²) in [5, 5.41) is 9.77. The zero-order chi connectivity index (χ0) is 27.7. The second-order valence-corrected chi connectivity index (χ2v) is 10.2. The molecule has 0 aliphatic carbocycles. The fourth-order valence-corrected chi connectivity index (χ4v) is 3.57. The van der Waals surface area contributed by atoms with Crippen molar-refractivity contribution >= 4 is 29.9 Å². The summed E-state index contributed by atoms with van der Waals surface area (Å²) >= 11 is 0. The topological polar surface area (TPSA) is 137 Å². The second kappa shape index (κ2) is 9.90. The predicted molar refractivity (Wildman–Crippen MR) is 118 cm³/mol.